The zero-order valence-corrected chi connectivity index (χ0v) is 13.9. The molecule has 2 N–H and O–H groups in total. The second-order valence-corrected chi connectivity index (χ2v) is 6.21. The number of hydrogen-bond donors (Lipinski definition) is 1. The molecule has 4 rings (SSSR count). The molecule has 0 fully saturated rings. The van der Waals surface area contributed by atoms with Gasteiger partial charge < -0.3 is 15.5 Å². The third-order valence-corrected chi connectivity index (χ3v) is 4.42. The summed E-state index contributed by atoms with van der Waals surface area (Å²) in [7, 11) is 0. The molecule has 0 atom stereocenters. The van der Waals surface area contributed by atoms with Gasteiger partial charge >= 0.3 is 0 Å². The molecule has 120 valence electrons. The van der Waals surface area contributed by atoms with Crippen molar-refractivity contribution in [2.75, 3.05) is 16.5 Å². The van der Waals surface area contributed by atoms with Gasteiger partial charge in [-0.2, -0.15) is 5.10 Å². The maximum absolute atomic E-state index is 6.37. The molecule has 0 aliphatic carbocycles. The molecule has 0 radical (unpaired) electrons. The average Bonchev–Trinajstić information content (AvgIpc) is 3.08. The molecular weight excluding hydrogens is 322 g/mol. The van der Waals surface area contributed by atoms with E-state index in [0.29, 0.717) is 17.5 Å². The van der Waals surface area contributed by atoms with Crippen molar-refractivity contribution in [3.8, 4) is 0 Å². The van der Waals surface area contributed by atoms with Crippen molar-refractivity contribution in [3.63, 3.8) is 0 Å². The van der Waals surface area contributed by atoms with Crippen molar-refractivity contribution < 1.29 is 0 Å². The van der Waals surface area contributed by atoms with E-state index in [1.807, 2.05) is 29.2 Å². The van der Waals surface area contributed by atoms with Crippen LogP contribution in [0.2, 0.25) is 5.02 Å². The average molecular weight is 338 g/mol. The SMILES string of the molecule is Cc1ccc(N2CN(c3ccc(Cl)cc3)C(N)=C3C=NN=C32)cc1. The second kappa shape index (κ2) is 5.69. The number of anilines is 2. The van der Waals surface area contributed by atoms with Crippen molar-refractivity contribution in [3.05, 3.63) is 70.5 Å². The Balaban J connectivity index is 1.78. The zero-order valence-electron chi connectivity index (χ0n) is 13.1. The molecule has 0 saturated heterocycles. The van der Waals surface area contributed by atoms with Crippen LogP contribution in [0.1, 0.15) is 5.56 Å². The number of halogens is 1. The highest BCUT2D eigenvalue weighted by Crippen LogP contribution is 2.30. The molecule has 2 aliphatic rings. The van der Waals surface area contributed by atoms with E-state index in [1.54, 1.807) is 6.21 Å². The first-order valence-corrected chi connectivity index (χ1v) is 8.00. The first-order chi connectivity index (χ1) is 11.6. The Hall–Kier alpha value is -2.79. The van der Waals surface area contributed by atoms with Gasteiger partial charge in [0.25, 0.3) is 0 Å². The molecule has 2 aromatic rings. The summed E-state index contributed by atoms with van der Waals surface area (Å²) >= 11 is 6.00. The predicted molar refractivity (Wildman–Crippen MR) is 99.6 cm³/mol. The highest BCUT2D eigenvalue weighted by Gasteiger charge is 2.32. The van der Waals surface area contributed by atoms with Crippen molar-refractivity contribution in [1.82, 2.24) is 0 Å². The van der Waals surface area contributed by atoms with Crippen molar-refractivity contribution in [1.29, 1.82) is 0 Å². The Morgan fingerprint density at radius 2 is 1.58 bits per heavy atom. The standard InChI is InChI=1S/C18H16ClN5/c1-12-2-6-15(7-3-12)24-11-23(14-8-4-13(19)5-9-14)17(20)16-10-21-22-18(16)24/h2-10H,11,20H2,1H3. The van der Waals surface area contributed by atoms with Crippen LogP contribution >= 0.6 is 11.6 Å². The predicted octanol–water partition coefficient (Wildman–Crippen LogP) is 3.50. The number of benzene rings is 2. The number of nitrogens with two attached hydrogens (primary N) is 1. The van der Waals surface area contributed by atoms with Gasteiger partial charge in [0, 0.05) is 16.4 Å². The number of rotatable bonds is 2. The molecule has 0 spiro atoms. The Kier molecular flexibility index (Phi) is 3.50. The fourth-order valence-corrected chi connectivity index (χ4v) is 2.96. The minimum absolute atomic E-state index is 0.558. The lowest BCUT2D eigenvalue weighted by Gasteiger charge is -2.38. The van der Waals surface area contributed by atoms with Gasteiger partial charge in [-0.05, 0) is 43.3 Å². The van der Waals surface area contributed by atoms with E-state index in [-0.39, 0.29) is 0 Å². The normalized spacial score (nSPS) is 16.5. The summed E-state index contributed by atoms with van der Waals surface area (Å²) in [5, 5.41) is 9.00. The topological polar surface area (TPSA) is 57.2 Å². The van der Waals surface area contributed by atoms with Gasteiger partial charge in [0.15, 0.2) is 5.84 Å². The molecule has 2 aliphatic heterocycles. The second-order valence-electron chi connectivity index (χ2n) is 5.78. The first-order valence-electron chi connectivity index (χ1n) is 7.62. The first kappa shape index (κ1) is 14.8. The molecule has 5 nitrogen and oxygen atoms in total. The molecule has 0 aromatic heterocycles. The number of amidine groups is 1. The Morgan fingerprint density at radius 3 is 2.29 bits per heavy atom. The molecule has 6 heteroatoms. The Bertz CT molecular complexity index is 865. The van der Waals surface area contributed by atoms with Crippen molar-refractivity contribution in [2.24, 2.45) is 15.9 Å². The molecule has 0 unspecified atom stereocenters. The zero-order chi connectivity index (χ0) is 16.7. The Morgan fingerprint density at radius 1 is 0.958 bits per heavy atom. The monoisotopic (exact) mass is 337 g/mol. The lowest BCUT2D eigenvalue weighted by atomic mass is 10.1. The maximum Gasteiger partial charge on any atom is 0.169 e. The van der Waals surface area contributed by atoms with Gasteiger partial charge in [0.05, 0.1) is 11.8 Å². The van der Waals surface area contributed by atoms with Crippen LogP contribution in [0.5, 0.6) is 0 Å². The summed E-state index contributed by atoms with van der Waals surface area (Å²) < 4.78 is 0. The fraction of sp³-hybridized carbons (Fsp3) is 0.111. The molecule has 2 aromatic carbocycles. The Labute approximate surface area is 145 Å². The largest absolute Gasteiger partial charge is 0.384 e. The van der Waals surface area contributed by atoms with Crippen LogP contribution in [-0.2, 0) is 0 Å². The van der Waals surface area contributed by atoms with E-state index in [0.717, 1.165) is 22.8 Å². The molecule has 0 saturated carbocycles. The van der Waals surface area contributed by atoms with Crippen LogP contribution in [0.15, 0.2) is 70.1 Å². The number of hydrogen-bond acceptors (Lipinski definition) is 5. The van der Waals surface area contributed by atoms with Gasteiger partial charge in [-0.25, -0.2) is 0 Å². The molecule has 2 heterocycles. The molecule has 24 heavy (non-hydrogen) atoms. The third-order valence-electron chi connectivity index (χ3n) is 4.17. The quantitative estimate of drug-likeness (QED) is 0.912. The van der Waals surface area contributed by atoms with E-state index in [1.165, 1.54) is 5.56 Å². The van der Waals surface area contributed by atoms with Crippen LogP contribution in [0.3, 0.4) is 0 Å². The minimum atomic E-state index is 0.558. The third kappa shape index (κ3) is 2.43. The van der Waals surface area contributed by atoms with Crippen LogP contribution in [0, 0.1) is 6.92 Å². The van der Waals surface area contributed by atoms with Crippen molar-refractivity contribution >= 4 is 35.0 Å². The highest BCUT2D eigenvalue weighted by molar-refractivity contribution is 6.30. The van der Waals surface area contributed by atoms with Gasteiger partial charge in [0.2, 0.25) is 0 Å². The lowest BCUT2D eigenvalue weighted by molar-refractivity contribution is 0.862. The van der Waals surface area contributed by atoms with E-state index < -0.39 is 0 Å². The van der Waals surface area contributed by atoms with Gasteiger partial charge in [-0.1, -0.05) is 29.3 Å². The summed E-state index contributed by atoms with van der Waals surface area (Å²) in [6, 6.07) is 16.0. The van der Waals surface area contributed by atoms with Crippen LogP contribution in [0.4, 0.5) is 11.4 Å². The molecule has 0 bridgehead atoms. The smallest absolute Gasteiger partial charge is 0.169 e. The highest BCUT2D eigenvalue weighted by atomic mass is 35.5. The number of nitrogens with zero attached hydrogens (tertiary/aromatic N) is 4. The van der Waals surface area contributed by atoms with E-state index in [9.17, 15) is 0 Å². The fourth-order valence-electron chi connectivity index (χ4n) is 2.83. The van der Waals surface area contributed by atoms with Gasteiger partial charge in [-0.15, -0.1) is 5.10 Å². The van der Waals surface area contributed by atoms with E-state index in [4.69, 9.17) is 17.3 Å². The minimum Gasteiger partial charge on any atom is -0.384 e. The van der Waals surface area contributed by atoms with Crippen LogP contribution < -0.4 is 15.5 Å². The molecular formula is C18H16ClN5. The summed E-state index contributed by atoms with van der Waals surface area (Å²) in [5.74, 6) is 1.42. The van der Waals surface area contributed by atoms with Crippen LogP contribution in [-0.4, -0.2) is 18.7 Å². The number of aryl methyl sites for hydroxylation is 1. The lowest BCUT2D eigenvalue weighted by Crippen LogP contribution is -2.49. The van der Waals surface area contributed by atoms with Crippen molar-refractivity contribution in [2.45, 2.75) is 6.92 Å². The van der Waals surface area contributed by atoms with Crippen LogP contribution in [0.25, 0.3) is 0 Å². The summed E-state index contributed by atoms with van der Waals surface area (Å²) in [6.45, 7) is 2.63. The van der Waals surface area contributed by atoms with E-state index >= 15 is 0 Å². The summed E-state index contributed by atoms with van der Waals surface area (Å²) in [4.78, 5) is 4.13. The van der Waals surface area contributed by atoms with Gasteiger partial charge in [0.1, 0.15) is 12.5 Å². The molecule has 0 amide bonds. The number of fused-ring (bicyclic) bond motifs is 1. The van der Waals surface area contributed by atoms with Gasteiger partial charge in [-0.3, -0.25) is 0 Å². The maximum atomic E-state index is 6.37. The van der Waals surface area contributed by atoms with E-state index in [2.05, 4.69) is 46.3 Å². The summed E-state index contributed by atoms with van der Waals surface area (Å²) in [5.41, 5.74) is 10.4. The summed E-state index contributed by atoms with van der Waals surface area (Å²) in [6.07, 6.45) is 1.70.